The number of halogens is 3. The summed E-state index contributed by atoms with van der Waals surface area (Å²) in [6.07, 6.45) is 0. The molecule has 0 saturated carbocycles. The summed E-state index contributed by atoms with van der Waals surface area (Å²) in [6.45, 7) is 0.258. The van der Waals surface area contributed by atoms with Crippen molar-refractivity contribution in [2.75, 3.05) is 27.7 Å². The lowest BCUT2D eigenvalue weighted by Gasteiger charge is -2.25. The normalized spacial score (nSPS) is 12.1. The minimum absolute atomic E-state index is 0.108. The highest BCUT2D eigenvalue weighted by atomic mass is 35.5. The van der Waals surface area contributed by atoms with Gasteiger partial charge in [0.25, 0.3) is 5.91 Å². The van der Waals surface area contributed by atoms with E-state index in [4.69, 9.17) is 16.3 Å². The van der Waals surface area contributed by atoms with Crippen molar-refractivity contribution in [1.82, 2.24) is 10.2 Å². The Morgan fingerprint density at radius 3 is 2.56 bits per heavy atom. The van der Waals surface area contributed by atoms with Crippen molar-refractivity contribution in [1.29, 1.82) is 0 Å². The lowest BCUT2D eigenvalue weighted by molar-refractivity contribution is 0.0941. The first-order chi connectivity index (χ1) is 11.8. The first-order valence-electron chi connectivity index (χ1n) is 7.56. The molecule has 2 aromatic rings. The molecule has 25 heavy (non-hydrogen) atoms. The Kier molecular flexibility index (Phi) is 6.33. The number of nitrogens with one attached hydrogen (secondary N) is 1. The van der Waals surface area contributed by atoms with Gasteiger partial charge in [0, 0.05) is 6.54 Å². The number of hydrogen-bond donors (Lipinski definition) is 1. The number of nitrogens with zero attached hydrogens (tertiary/aromatic N) is 1. The molecular weight excluding hydrogens is 350 g/mol. The Morgan fingerprint density at radius 1 is 1.24 bits per heavy atom. The summed E-state index contributed by atoms with van der Waals surface area (Å²) in [5.41, 5.74) is 0.838. The van der Waals surface area contributed by atoms with Gasteiger partial charge >= 0.3 is 0 Å². The standard InChI is InChI=1S/C18H19ClF2N2O2/c1-23(2)17(11-5-4-6-12(7-11)25-3)10-22-18(24)13-8-15(20)16(21)9-14(13)19/h4-9,17H,10H2,1-3H3,(H,22,24). The van der Waals surface area contributed by atoms with E-state index in [1.807, 2.05) is 43.3 Å². The first kappa shape index (κ1) is 19.1. The minimum atomic E-state index is -1.12. The van der Waals surface area contributed by atoms with Gasteiger partial charge in [-0.2, -0.15) is 0 Å². The van der Waals surface area contributed by atoms with Crippen molar-refractivity contribution in [3.63, 3.8) is 0 Å². The molecule has 0 aliphatic carbocycles. The van der Waals surface area contributed by atoms with Crippen molar-refractivity contribution in [2.24, 2.45) is 0 Å². The first-order valence-corrected chi connectivity index (χ1v) is 7.94. The second-order valence-electron chi connectivity index (χ2n) is 5.71. The van der Waals surface area contributed by atoms with E-state index in [1.54, 1.807) is 7.11 Å². The van der Waals surface area contributed by atoms with Crippen LogP contribution in [0.15, 0.2) is 36.4 Å². The lowest BCUT2D eigenvalue weighted by atomic mass is 10.1. The summed E-state index contributed by atoms with van der Waals surface area (Å²) in [6, 6.07) is 8.93. The summed E-state index contributed by atoms with van der Waals surface area (Å²) in [5, 5.41) is 2.57. The molecule has 134 valence electrons. The number of ether oxygens (including phenoxy) is 1. The maximum absolute atomic E-state index is 13.4. The summed E-state index contributed by atoms with van der Waals surface area (Å²) >= 11 is 5.84. The van der Waals surface area contributed by atoms with E-state index >= 15 is 0 Å². The number of benzene rings is 2. The van der Waals surface area contributed by atoms with Crippen molar-refractivity contribution in [2.45, 2.75) is 6.04 Å². The number of likely N-dealkylation sites (N-methyl/N-ethyl adjacent to an activating group) is 1. The van der Waals surface area contributed by atoms with E-state index in [1.165, 1.54) is 0 Å². The van der Waals surface area contributed by atoms with Gasteiger partial charge in [-0.1, -0.05) is 23.7 Å². The van der Waals surface area contributed by atoms with E-state index in [0.29, 0.717) is 5.75 Å². The number of amides is 1. The van der Waals surface area contributed by atoms with E-state index in [2.05, 4.69) is 5.32 Å². The van der Waals surface area contributed by atoms with Gasteiger partial charge < -0.3 is 15.0 Å². The molecule has 0 aliphatic heterocycles. The fourth-order valence-electron chi connectivity index (χ4n) is 2.43. The number of hydrogen-bond acceptors (Lipinski definition) is 3. The third-order valence-corrected chi connectivity index (χ3v) is 4.13. The molecule has 1 amide bonds. The lowest BCUT2D eigenvalue weighted by Crippen LogP contribution is -2.34. The van der Waals surface area contributed by atoms with Crippen molar-refractivity contribution in [3.8, 4) is 5.75 Å². The molecule has 1 unspecified atom stereocenters. The SMILES string of the molecule is COc1cccc(C(CNC(=O)c2cc(F)c(F)cc2Cl)N(C)C)c1. The number of carbonyl (C=O) groups excluding carboxylic acids is 1. The molecule has 7 heteroatoms. The van der Waals surface area contributed by atoms with E-state index in [-0.39, 0.29) is 23.2 Å². The van der Waals surface area contributed by atoms with Crippen LogP contribution in [-0.2, 0) is 0 Å². The molecule has 0 saturated heterocycles. The molecular formula is C18H19ClF2N2O2. The number of methoxy groups -OCH3 is 1. The Morgan fingerprint density at radius 2 is 1.92 bits per heavy atom. The third kappa shape index (κ3) is 4.67. The van der Waals surface area contributed by atoms with E-state index < -0.39 is 17.5 Å². The van der Waals surface area contributed by atoms with Crippen LogP contribution in [0.5, 0.6) is 5.75 Å². The molecule has 0 spiro atoms. The van der Waals surface area contributed by atoms with Gasteiger partial charge in [0.1, 0.15) is 5.75 Å². The average molecular weight is 369 g/mol. The van der Waals surface area contributed by atoms with Crippen LogP contribution in [0.3, 0.4) is 0 Å². The summed E-state index contributed by atoms with van der Waals surface area (Å²) in [5.74, 6) is -2.08. The zero-order chi connectivity index (χ0) is 18.6. The minimum Gasteiger partial charge on any atom is -0.497 e. The fourth-order valence-corrected chi connectivity index (χ4v) is 2.66. The average Bonchev–Trinajstić information content (AvgIpc) is 2.58. The highest BCUT2D eigenvalue weighted by Gasteiger charge is 2.19. The van der Waals surface area contributed by atoms with Gasteiger partial charge in [-0.25, -0.2) is 8.78 Å². The molecule has 1 atom stereocenters. The van der Waals surface area contributed by atoms with Gasteiger partial charge in [-0.3, -0.25) is 4.79 Å². The number of rotatable bonds is 6. The highest BCUT2D eigenvalue weighted by molar-refractivity contribution is 6.33. The van der Waals surface area contributed by atoms with Crippen LogP contribution in [0, 0.1) is 11.6 Å². The second kappa shape index (κ2) is 8.27. The molecule has 0 aliphatic rings. The summed E-state index contributed by atoms with van der Waals surface area (Å²) in [7, 11) is 5.33. The Bertz CT molecular complexity index is 769. The van der Waals surface area contributed by atoms with Crippen LogP contribution in [0.25, 0.3) is 0 Å². The fraction of sp³-hybridized carbons (Fsp3) is 0.278. The van der Waals surface area contributed by atoms with E-state index in [9.17, 15) is 13.6 Å². The maximum atomic E-state index is 13.4. The van der Waals surface area contributed by atoms with Gasteiger partial charge in [0.2, 0.25) is 0 Å². The van der Waals surface area contributed by atoms with Crippen LogP contribution in [0.4, 0.5) is 8.78 Å². The predicted octanol–water partition coefficient (Wildman–Crippen LogP) is 3.66. The molecule has 1 N–H and O–H groups in total. The maximum Gasteiger partial charge on any atom is 0.252 e. The smallest absolute Gasteiger partial charge is 0.252 e. The van der Waals surface area contributed by atoms with Crippen LogP contribution in [0.2, 0.25) is 5.02 Å². The zero-order valence-corrected chi connectivity index (χ0v) is 14.9. The largest absolute Gasteiger partial charge is 0.497 e. The topological polar surface area (TPSA) is 41.6 Å². The highest BCUT2D eigenvalue weighted by Crippen LogP contribution is 2.23. The van der Waals surface area contributed by atoms with Gasteiger partial charge in [0.05, 0.1) is 23.7 Å². The molecule has 0 heterocycles. The predicted molar refractivity (Wildman–Crippen MR) is 93.1 cm³/mol. The molecule has 0 fully saturated rings. The number of carbonyl (C=O) groups is 1. The monoisotopic (exact) mass is 368 g/mol. The Balaban J connectivity index is 2.16. The van der Waals surface area contributed by atoms with Crippen LogP contribution in [0.1, 0.15) is 22.0 Å². The molecule has 0 radical (unpaired) electrons. The Labute approximate surface area is 150 Å². The van der Waals surface area contributed by atoms with Crippen molar-refractivity contribution >= 4 is 17.5 Å². The quantitative estimate of drug-likeness (QED) is 0.791. The molecule has 4 nitrogen and oxygen atoms in total. The summed E-state index contributed by atoms with van der Waals surface area (Å²) in [4.78, 5) is 14.2. The Hall–Kier alpha value is -2.18. The van der Waals surface area contributed by atoms with E-state index in [0.717, 1.165) is 17.7 Å². The van der Waals surface area contributed by atoms with Crippen molar-refractivity contribution in [3.05, 3.63) is 64.2 Å². The molecule has 2 rings (SSSR count). The van der Waals surface area contributed by atoms with Gasteiger partial charge in [-0.15, -0.1) is 0 Å². The second-order valence-corrected chi connectivity index (χ2v) is 6.12. The van der Waals surface area contributed by atoms with Crippen LogP contribution < -0.4 is 10.1 Å². The van der Waals surface area contributed by atoms with Crippen LogP contribution in [-0.4, -0.2) is 38.6 Å². The van der Waals surface area contributed by atoms with Crippen LogP contribution >= 0.6 is 11.6 Å². The third-order valence-electron chi connectivity index (χ3n) is 3.81. The van der Waals surface area contributed by atoms with Gasteiger partial charge in [-0.05, 0) is 43.9 Å². The van der Waals surface area contributed by atoms with Gasteiger partial charge in [0.15, 0.2) is 11.6 Å². The molecule has 2 aromatic carbocycles. The summed E-state index contributed by atoms with van der Waals surface area (Å²) < 4.78 is 31.7. The zero-order valence-electron chi connectivity index (χ0n) is 14.1. The molecule has 0 bridgehead atoms. The molecule has 0 aromatic heterocycles. The van der Waals surface area contributed by atoms with Crippen molar-refractivity contribution < 1.29 is 18.3 Å².